The first-order chi connectivity index (χ1) is 9.56. The van der Waals surface area contributed by atoms with E-state index in [0.717, 1.165) is 6.07 Å². The van der Waals surface area contributed by atoms with Gasteiger partial charge in [0.2, 0.25) is 0 Å². The van der Waals surface area contributed by atoms with E-state index in [-0.39, 0.29) is 16.1 Å². The third-order valence-corrected chi connectivity index (χ3v) is 3.30. The van der Waals surface area contributed by atoms with Crippen molar-refractivity contribution in [2.24, 2.45) is 0 Å². The zero-order chi connectivity index (χ0) is 14.3. The number of rotatable bonds is 2. The molecule has 3 aromatic rings. The molecule has 0 fully saturated rings. The van der Waals surface area contributed by atoms with Crippen LogP contribution >= 0.6 is 11.6 Å². The van der Waals surface area contributed by atoms with E-state index >= 15 is 0 Å². The first kappa shape index (κ1) is 12.8. The molecule has 1 aromatic heterocycles. The minimum atomic E-state index is -0.701. The molecule has 5 heteroatoms. The van der Waals surface area contributed by atoms with Gasteiger partial charge in [-0.25, -0.2) is 8.78 Å². The third-order valence-electron chi connectivity index (χ3n) is 3.06. The van der Waals surface area contributed by atoms with Gasteiger partial charge in [0, 0.05) is 27.7 Å². The highest BCUT2D eigenvalue weighted by Gasteiger charge is 2.18. The highest BCUT2D eigenvalue weighted by atomic mass is 35.5. The number of hydrogen-bond acceptors (Lipinski definition) is 1. The Morgan fingerprint density at radius 2 is 1.85 bits per heavy atom. The standard InChI is InChI=1S/C15H8ClF2NO/c16-8-1-3-10(13(18)5-8)15(20)12-7-19-14-4-2-9(17)6-11(12)14/h1-7,19H. The van der Waals surface area contributed by atoms with Gasteiger partial charge in [0.1, 0.15) is 11.6 Å². The molecule has 3 rings (SSSR count). The summed E-state index contributed by atoms with van der Waals surface area (Å²) in [7, 11) is 0. The van der Waals surface area contributed by atoms with Crippen molar-refractivity contribution in [1.82, 2.24) is 4.98 Å². The molecule has 0 bridgehead atoms. The van der Waals surface area contributed by atoms with E-state index in [0.29, 0.717) is 10.9 Å². The van der Waals surface area contributed by atoms with E-state index in [1.54, 1.807) is 0 Å². The second-order valence-electron chi connectivity index (χ2n) is 4.35. The predicted molar refractivity (Wildman–Crippen MR) is 73.1 cm³/mol. The second kappa shape index (κ2) is 4.72. The molecule has 0 unspecified atom stereocenters. The van der Waals surface area contributed by atoms with Gasteiger partial charge in [-0.3, -0.25) is 4.79 Å². The summed E-state index contributed by atoms with van der Waals surface area (Å²) in [5, 5.41) is 0.633. The van der Waals surface area contributed by atoms with E-state index < -0.39 is 17.4 Å². The Labute approximate surface area is 118 Å². The molecule has 0 atom stereocenters. The minimum absolute atomic E-state index is 0.0976. The molecule has 1 heterocycles. The maximum absolute atomic E-state index is 13.8. The van der Waals surface area contributed by atoms with E-state index in [9.17, 15) is 13.6 Å². The van der Waals surface area contributed by atoms with E-state index in [2.05, 4.69) is 4.98 Å². The van der Waals surface area contributed by atoms with Gasteiger partial charge in [0.15, 0.2) is 5.78 Å². The molecule has 2 nitrogen and oxygen atoms in total. The minimum Gasteiger partial charge on any atom is -0.360 e. The van der Waals surface area contributed by atoms with Crippen LogP contribution in [0.15, 0.2) is 42.6 Å². The summed E-state index contributed by atoms with van der Waals surface area (Å²) >= 11 is 5.66. The number of halogens is 3. The number of H-pyrrole nitrogens is 1. The van der Waals surface area contributed by atoms with Crippen molar-refractivity contribution in [3.05, 3.63) is 70.4 Å². The summed E-state index contributed by atoms with van der Waals surface area (Å²) in [5.41, 5.74) is 0.740. The molecule has 0 radical (unpaired) electrons. The Morgan fingerprint density at radius 1 is 1.05 bits per heavy atom. The van der Waals surface area contributed by atoms with Crippen LogP contribution in [0.4, 0.5) is 8.78 Å². The van der Waals surface area contributed by atoms with Crippen molar-refractivity contribution >= 4 is 28.3 Å². The van der Waals surface area contributed by atoms with E-state index in [1.807, 2.05) is 0 Å². The molecular formula is C15H8ClF2NO. The van der Waals surface area contributed by atoms with Crippen LogP contribution in [0.3, 0.4) is 0 Å². The predicted octanol–water partition coefficient (Wildman–Crippen LogP) is 4.33. The lowest BCUT2D eigenvalue weighted by Crippen LogP contribution is -2.03. The van der Waals surface area contributed by atoms with Crippen LogP contribution in [-0.4, -0.2) is 10.8 Å². The Kier molecular flexibility index (Phi) is 3.03. The number of carbonyl (C=O) groups is 1. The average Bonchev–Trinajstić information content (AvgIpc) is 2.81. The number of fused-ring (bicyclic) bond motifs is 1. The van der Waals surface area contributed by atoms with Crippen molar-refractivity contribution in [2.45, 2.75) is 0 Å². The Morgan fingerprint density at radius 3 is 2.60 bits per heavy atom. The van der Waals surface area contributed by atoms with Gasteiger partial charge in [-0.2, -0.15) is 0 Å². The lowest BCUT2D eigenvalue weighted by Gasteiger charge is -2.02. The molecule has 0 aliphatic carbocycles. The smallest absolute Gasteiger partial charge is 0.198 e. The molecule has 20 heavy (non-hydrogen) atoms. The number of hydrogen-bond donors (Lipinski definition) is 1. The van der Waals surface area contributed by atoms with Crippen LogP contribution in [0, 0.1) is 11.6 Å². The molecule has 0 spiro atoms. The lowest BCUT2D eigenvalue weighted by atomic mass is 10.0. The quantitative estimate of drug-likeness (QED) is 0.700. The SMILES string of the molecule is O=C(c1ccc(Cl)cc1F)c1c[nH]c2ccc(F)cc12. The topological polar surface area (TPSA) is 32.9 Å². The second-order valence-corrected chi connectivity index (χ2v) is 4.78. The van der Waals surface area contributed by atoms with Crippen molar-refractivity contribution in [2.75, 3.05) is 0 Å². The summed E-state index contributed by atoms with van der Waals surface area (Å²) in [6.07, 6.45) is 1.44. The number of aromatic amines is 1. The van der Waals surface area contributed by atoms with Gasteiger partial charge in [0.25, 0.3) is 0 Å². The number of carbonyl (C=O) groups excluding carboxylic acids is 1. The van der Waals surface area contributed by atoms with Gasteiger partial charge in [-0.05, 0) is 36.4 Å². The van der Waals surface area contributed by atoms with Crippen LogP contribution in [0.2, 0.25) is 5.02 Å². The summed E-state index contributed by atoms with van der Waals surface area (Å²) in [6, 6.07) is 7.89. The zero-order valence-corrected chi connectivity index (χ0v) is 10.8. The normalized spacial score (nSPS) is 10.9. The van der Waals surface area contributed by atoms with Gasteiger partial charge >= 0.3 is 0 Å². The van der Waals surface area contributed by atoms with Crippen molar-refractivity contribution in [1.29, 1.82) is 0 Å². The van der Waals surface area contributed by atoms with Crippen molar-refractivity contribution in [3.63, 3.8) is 0 Å². The Hall–Kier alpha value is -2.20. The molecule has 100 valence electrons. The van der Waals surface area contributed by atoms with Gasteiger partial charge in [-0.1, -0.05) is 11.6 Å². The van der Waals surface area contributed by atoms with E-state index in [4.69, 9.17) is 11.6 Å². The Bertz CT molecular complexity index is 826. The fraction of sp³-hybridized carbons (Fsp3) is 0. The molecule has 0 aliphatic heterocycles. The first-order valence-electron chi connectivity index (χ1n) is 5.82. The Balaban J connectivity index is 2.15. The van der Waals surface area contributed by atoms with Gasteiger partial charge < -0.3 is 4.98 Å². The monoisotopic (exact) mass is 291 g/mol. The number of ketones is 1. The lowest BCUT2D eigenvalue weighted by molar-refractivity contribution is 0.103. The van der Waals surface area contributed by atoms with Crippen LogP contribution in [0.5, 0.6) is 0 Å². The molecule has 2 aromatic carbocycles. The highest BCUT2D eigenvalue weighted by Crippen LogP contribution is 2.24. The third kappa shape index (κ3) is 2.08. The first-order valence-corrected chi connectivity index (χ1v) is 6.20. The summed E-state index contributed by atoms with van der Waals surface area (Å²) in [6.45, 7) is 0. The van der Waals surface area contributed by atoms with Crippen LogP contribution in [-0.2, 0) is 0 Å². The highest BCUT2D eigenvalue weighted by molar-refractivity contribution is 6.30. The fourth-order valence-corrected chi connectivity index (χ4v) is 2.26. The largest absolute Gasteiger partial charge is 0.360 e. The average molecular weight is 292 g/mol. The van der Waals surface area contributed by atoms with Crippen LogP contribution < -0.4 is 0 Å². The number of aromatic nitrogens is 1. The maximum atomic E-state index is 13.8. The molecule has 0 aliphatic rings. The number of nitrogens with one attached hydrogen (secondary N) is 1. The summed E-state index contributed by atoms with van der Waals surface area (Å²) in [4.78, 5) is 15.2. The summed E-state index contributed by atoms with van der Waals surface area (Å²) in [5.74, 6) is -1.67. The maximum Gasteiger partial charge on any atom is 0.198 e. The number of benzene rings is 2. The fourth-order valence-electron chi connectivity index (χ4n) is 2.10. The van der Waals surface area contributed by atoms with Crippen molar-refractivity contribution < 1.29 is 13.6 Å². The van der Waals surface area contributed by atoms with Gasteiger partial charge in [-0.15, -0.1) is 0 Å². The molecule has 0 saturated heterocycles. The van der Waals surface area contributed by atoms with Gasteiger partial charge in [0.05, 0.1) is 5.56 Å². The molecular weight excluding hydrogens is 284 g/mol. The molecule has 0 saturated carbocycles. The molecule has 1 N–H and O–H groups in total. The van der Waals surface area contributed by atoms with Crippen LogP contribution in [0.1, 0.15) is 15.9 Å². The van der Waals surface area contributed by atoms with Crippen LogP contribution in [0.25, 0.3) is 10.9 Å². The zero-order valence-electron chi connectivity index (χ0n) is 10.1. The molecule has 0 amide bonds. The summed E-state index contributed by atoms with van der Waals surface area (Å²) < 4.78 is 27.1. The van der Waals surface area contributed by atoms with Crippen molar-refractivity contribution in [3.8, 4) is 0 Å². The van der Waals surface area contributed by atoms with E-state index in [1.165, 1.54) is 36.5 Å².